The summed E-state index contributed by atoms with van der Waals surface area (Å²) in [7, 11) is 0. The van der Waals surface area contributed by atoms with E-state index in [-0.39, 0.29) is 11.9 Å². The highest BCUT2D eigenvalue weighted by Gasteiger charge is 2.37. The molecule has 1 aromatic heterocycles. The van der Waals surface area contributed by atoms with Crippen LogP contribution in [-0.2, 0) is 0 Å². The van der Waals surface area contributed by atoms with Crippen molar-refractivity contribution in [2.45, 2.75) is 52.1 Å². The fraction of sp³-hybridized carbons (Fsp3) is 0.600. The van der Waals surface area contributed by atoms with Gasteiger partial charge >= 0.3 is 0 Å². The zero-order valence-electron chi connectivity index (χ0n) is 11.8. The van der Waals surface area contributed by atoms with Crippen molar-refractivity contribution in [2.75, 3.05) is 0 Å². The Kier molecular flexibility index (Phi) is 4.46. The summed E-state index contributed by atoms with van der Waals surface area (Å²) in [5, 5.41) is 0.421. The van der Waals surface area contributed by atoms with Gasteiger partial charge in [0.2, 0.25) is 0 Å². The van der Waals surface area contributed by atoms with Crippen LogP contribution in [0.3, 0.4) is 0 Å². The van der Waals surface area contributed by atoms with E-state index in [1.165, 1.54) is 0 Å². The number of hydrogen-bond acceptors (Lipinski definition) is 2. The third-order valence-corrected chi connectivity index (χ3v) is 4.28. The van der Waals surface area contributed by atoms with E-state index in [0.717, 1.165) is 19.3 Å². The Bertz CT molecular complexity index is 442. The molecule has 0 aromatic carbocycles. The van der Waals surface area contributed by atoms with E-state index in [2.05, 4.69) is 25.8 Å². The maximum atomic E-state index is 12.6. The highest BCUT2D eigenvalue weighted by atomic mass is 35.5. The largest absolute Gasteiger partial charge is 0.333 e. The van der Waals surface area contributed by atoms with Crippen LogP contribution in [0.4, 0.5) is 0 Å². The molecule has 1 aliphatic carbocycles. The van der Waals surface area contributed by atoms with Gasteiger partial charge in [-0.3, -0.25) is 4.79 Å². The van der Waals surface area contributed by atoms with Crippen molar-refractivity contribution in [3.8, 4) is 0 Å². The Hall–Kier alpha value is -1.09. The van der Waals surface area contributed by atoms with Gasteiger partial charge in [0.25, 0.3) is 5.91 Å². The lowest BCUT2D eigenvalue weighted by Crippen LogP contribution is -2.43. The van der Waals surface area contributed by atoms with Crippen LogP contribution in [0.2, 0.25) is 5.15 Å². The summed E-state index contributed by atoms with van der Waals surface area (Å²) in [4.78, 5) is 18.7. The molecule has 0 unspecified atom stereocenters. The first-order valence-electron chi connectivity index (χ1n) is 6.98. The summed E-state index contributed by atoms with van der Waals surface area (Å²) in [5.41, 5.74) is 0.631. The molecule has 19 heavy (non-hydrogen) atoms. The normalized spacial score (nSPS) is 17.9. The SMILES string of the molecule is CC[C@@H](C)[C@@H](C)N(C(=O)c1ccc(Cl)nc1)C1CC1. The van der Waals surface area contributed by atoms with E-state index >= 15 is 0 Å². The van der Waals surface area contributed by atoms with Gasteiger partial charge in [-0.15, -0.1) is 0 Å². The van der Waals surface area contributed by atoms with Crippen molar-refractivity contribution < 1.29 is 4.79 Å². The minimum atomic E-state index is 0.0828. The summed E-state index contributed by atoms with van der Waals surface area (Å²) in [5.74, 6) is 0.587. The number of carbonyl (C=O) groups is 1. The molecule has 0 spiro atoms. The maximum absolute atomic E-state index is 12.6. The van der Waals surface area contributed by atoms with Crippen LogP contribution in [0.25, 0.3) is 0 Å². The predicted molar refractivity (Wildman–Crippen MR) is 77.4 cm³/mol. The molecule has 2 rings (SSSR count). The van der Waals surface area contributed by atoms with Crippen LogP contribution in [0, 0.1) is 5.92 Å². The molecule has 0 bridgehead atoms. The Morgan fingerprint density at radius 1 is 1.47 bits per heavy atom. The van der Waals surface area contributed by atoms with Crippen LogP contribution in [0.5, 0.6) is 0 Å². The number of halogens is 1. The topological polar surface area (TPSA) is 33.2 Å². The molecular weight excluding hydrogens is 260 g/mol. The van der Waals surface area contributed by atoms with Gasteiger partial charge in [-0.2, -0.15) is 0 Å². The highest BCUT2D eigenvalue weighted by Crippen LogP contribution is 2.32. The second kappa shape index (κ2) is 5.91. The Labute approximate surface area is 120 Å². The summed E-state index contributed by atoms with van der Waals surface area (Å²) in [6.07, 6.45) is 4.89. The summed E-state index contributed by atoms with van der Waals surface area (Å²) in [6, 6.07) is 4.11. The molecule has 1 saturated carbocycles. The monoisotopic (exact) mass is 280 g/mol. The second-order valence-electron chi connectivity index (χ2n) is 5.44. The first kappa shape index (κ1) is 14.3. The summed E-state index contributed by atoms with van der Waals surface area (Å²) < 4.78 is 0. The van der Waals surface area contributed by atoms with Crippen LogP contribution in [-0.4, -0.2) is 27.9 Å². The van der Waals surface area contributed by atoms with Crippen LogP contribution in [0.15, 0.2) is 18.3 Å². The molecule has 4 heteroatoms. The molecule has 3 nitrogen and oxygen atoms in total. The van der Waals surface area contributed by atoms with Crippen molar-refractivity contribution in [3.05, 3.63) is 29.0 Å². The lowest BCUT2D eigenvalue weighted by atomic mass is 9.98. The Balaban J connectivity index is 2.19. The molecular formula is C15H21ClN2O. The van der Waals surface area contributed by atoms with Crippen LogP contribution in [0.1, 0.15) is 50.4 Å². The third kappa shape index (κ3) is 3.27. The molecule has 104 valence electrons. The smallest absolute Gasteiger partial charge is 0.255 e. The third-order valence-electron chi connectivity index (χ3n) is 4.06. The number of aromatic nitrogens is 1. The van der Waals surface area contributed by atoms with Gasteiger partial charge in [-0.05, 0) is 37.8 Å². The van der Waals surface area contributed by atoms with Crippen molar-refractivity contribution in [1.82, 2.24) is 9.88 Å². The fourth-order valence-corrected chi connectivity index (χ4v) is 2.41. The second-order valence-corrected chi connectivity index (χ2v) is 5.83. The standard InChI is InChI=1S/C15H21ClN2O/c1-4-10(2)11(3)18(13-6-7-13)15(19)12-5-8-14(16)17-9-12/h5,8-11,13H,4,6-7H2,1-3H3/t10-,11-/m1/s1. The van der Waals surface area contributed by atoms with E-state index < -0.39 is 0 Å². The summed E-state index contributed by atoms with van der Waals surface area (Å²) >= 11 is 5.77. The molecule has 1 aromatic rings. The zero-order valence-corrected chi connectivity index (χ0v) is 12.5. The first-order valence-corrected chi connectivity index (χ1v) is 7.36. The van der Waals surface area contributed by atoms with E-state index in [0.29, 0.717) is 22.7 Å². The number of nitrogens with zero attached hydrogens (tertiary/aromatic N) is 2. The molecule has 0 saturated heterocycles. The van der Waals surface area contributed by atoms with Gasteiger partial charge in [0.1, 0.15) is 5.15 Å². The van der Waals surface area contributed by atoms with Crippen LogP contribution < -0.4 is 0 Å². The van der Waals surface area contributed by atoms with Gasteiger partial charge in [-0.25, -0.2) is 4.98 Å². The van der Waals surface area contributed by atoms with Gasteiger partial charge in [0, 0.05) is 18.3 Å². The van der Waals surface area contributed by atoms with E-state index in [9.17, 15) is 4.79 Å². The first-order chi connectivity index (χ1) is 9.04. The van der Waals surface area contributed by atoms with Crippen LogP contribution >= 0.6 is 11.6 Å². The van der Waals surface area contributed by atoms with Crippen molar-refractivity contribution in [2.24, 2.45) is 5.92 Å². The van der Waals surface area contributed by atoms with Gasteiger partial charge < -0.3 is 4.90 Å². The van der Waals surface area contributed by atoms with E-state index in [1.807, 2.05) is 4.90 Å². The Morgan fingerprint density at radius 2 is 2.16 bits per heavy atom. The van der Waals surface area contributed by atoms with Gasteiger partial charge in [0.05, 0.1) is 5.56 Å². The van der Waals surface area contributed by atoms with Crippen molar-refractivity contribution in [3.63, 3.8) is 0 Å². The Morgan fingerprint density at radius 3 is 2.63 bits per heavy atom. The quantitative estimate of drug-likeness (QED) is 0.769. The van der Waals surface area contributed by atoms with Crippen molar-refractivity contribution in [1.29, 1.82) is 0 Å². The minimum Gasteiger partial charge on any atom is -0.333 e. The fourth-order valence-electron chi connectivity index (χ4n) is 2.30. The number of hydrogen-bond donors (Lipinski definition) is 0. The zero-order chi connectivity index (χ0) is 14.0. The molecule has 0 radical (unpaired) electrons. The molecule has 2 atom stereocenters. The number of rotatable bonds is 5. The number of carbonyl (C=O) groups excluding carboxylic acids is 1. The maximum Gasteiger partial charge on any atom is 0.255 e. The predicted octanol–water partition coefficient (Wildman–Crippen LogP) is 3.77. The number of pyridine rings is 1. The molecule has 0 aliphatic heterocycles. The number of amides is 1. The molecule has 0 N–H and O–H groups in total. The average molecular weight is 281 g/mol. The van der Waals surface area contributed by atoms with Crippen molar-refractivity contribution >= 4 is 17.5 Å². The average Bonchev–Trinajstić information content (AvgIpc) is 3.23. The lowest BCUT2D eigenvalue weighted by Gasteiger charge is -2.33. The van der Waals surface area contributed by atoms with Gasteiger partial charge in [-0.1, -0.05) is 31.9 Å². The molecule has 1 amide bonds. The van der Waals surface area contributed by atoms with Gasteiger partial charge in [0.15, 0.2) is 0 Å². The highest BCUT2D eigenvalue weighted by molar-refractivity contribution is 6.29. The molecule has 1 aliphatic rings. The molecule has 1 fully saturated rings. The van der Waals surface area contributed by atoms with E-state index in [1.54, 1.807) is 18.3 Å². The summed E-state index contributed by atoms with van der Waals surface area (Å²) in [6.45, 7) is 6.52. The molecule has 1 heterocycles. The van der Waals surface area contributed by atoms with E-state index in [4.69, 9.17) is 11.6 Å². The lowest BCUT2D eigenvalue weighted by molar-refractivity contribution is 0.0615. The minimum absolute atomic E-state index is 0.0828.